The van der Waals surface area contributed by atoms with Gasteiger partial charge < -0.3 is 14.6 Å². The van der Waals surface area contributed by atoms with Crippen molar-refractivity contribution in [1.82, 2.24) is 0 Å². The fraction of sp³-hybridized carbons (Fsp3) is 0.682. The smallest absolute Gasteiger partial charge is 0.307 e. The molecule has 2 aliphatic carbocycles. The lowest BCUT2D eigenvalue weighted by molar-refractivity contribution is -0.161. The van der Waals surface area contributed by atoms with Crippen LogP contribution in [-0.2, 0) is 23.9 Å². The molecule has 3 aliphatic rings. The van der Waals surface area contributed by atoms with Crippen molar-refractivity contribution >= 4 is 17.7 Å². The van der Waals surface area contributed by atoms with Gasteiger partial charge in [-0.05, 0) is 29.9 Å². The second-order valence-electron chi connectivity index (χ2n) is 9.32. The van der Waals surface area contributed by atoms with Crippen molar-refractivity contribution in [3.8, 4) is 0 Å². The predicted octanol–water partition coefficient (Wildman–Crippen LogP) is 2.74. The van der Waals surface area contributed by atoms with Gasteiger partial charge in [0, 0.05) is 24.3 Å². The van der Waals surface area contributed by atoms with Gasteiger partial charge in [0.1, 0.15) is 6.10 Å². The number of fused-ring (bicyclic) bond motifs is 2. The van der Waals surface area contributed by atoms with Crippen LogP contribution in [0, 0.1) is 22.7 Å². The molecule has 5 atom stereocenters. The first-order valence-corrected chi connectivity index (χ1v) is 9.86. The highest BCUT2D eigenvalue weighted by Gasteiger charge is 2.67. The van der Waals surface area contributed by atoms with Crippen molar-refractivity contribution in [3.05, 3.63) is 23.8 Å². The highest BCUT2D eigenvalue weighted by Crippen LogP contribution is 2.62. The van der Waals surface area contributed by atoms with Gasteiger partial charge in [0.25, 0.3) is 0 Å². The van der Waals surface area contributed by atoms with Gasteiger partial charge >= 0.3 is 11.9 Å². The van der Waals surface area contributed by atoms with Crippen molar-refractivity contribution in [3.63, 3.8) is 0 Å². The standard InChI is InChI=1S/C22H30O6/c1-12(2)15-7-17(25)16-8-22(13(3)11-23)21(6,10-19(26)28-22)18(27-14(4)24)9-20(15,16)5/h8,12,15,18,23H,3,7,9-11H2,1-2,4-6H3/t15-,18-,20-,21+,22+/m1/s1. The second-order valence-corrected chi connectivity index (χ2v) is 9.32. The number of allylic oxidation sites excluding steroid dienone is 1. The number of aliphatic hydroxyl groups is 1. The average molecular weight is 390 g/mol. The maximum atomic E-state index is 13.0. The third-order valence-corrected chi connectivity index (χ3v) is 7.27. The summed E-state index contributed by atoms with van der Waals surface area (Å²) >= 11 is 0. The quantitative estimate of drug-likeness (QED) is 0.586. The minimum atomic E-state index is -1.38. The zero-order valence-electron chi connectivity index (χ0n) is 17.3. The molecule has 0 aromatic carbocycles. The molecule has 1 saturated carbocycles. The molecule has 28 heavy (non-hydrogen) atoms. The number of ketones is 1. The number of hydrogen-bond acceptors (Lipinski definition) is 6. The number of ether oxygens (including phenoxy) is 2. The molecule has 6 heteroatoms. The lowest BCUT2D eigenvalue weighted by Crippen LogP contribution is -2.52. The Hall–Kier alpha value is -1.95. The van der Waals surface area contributed by atoms with Crippen LogP contribution in [0.1, 0.15) is 53.9 Å². The molecule has 1 saturated heterocycles. The second kappa shape index (κ2) is 6.55. The minimum Gasteiger partial charge on any atom is -0.462 e. The highest BCUT2D eigenvalue weighted by molar-refractivity contribution is 6.00. The summed E-state index contributed by atoms with van der Waals surface area (Å²) in [5.74, 6) is -0.558. The maximum Gasteiger partial charge on any atom is 0.307 e. The lowest BCUT2D eigenvalue weighted by Gasteiger charge is -2.44. The van der Waals surface area contributed by atoms with E-state index in [-0.39, 0.29) is 29.6 Å². The van der Waals surface area contributed by atoms with Crippen LogP contribution in [-0.4, -0.2) is 41.1 Å². The van der Waals surface area contributed by atoms with Crippen LogP contribution in [0.3, 0.4) is 0 Å². The average Bonchev–Trinajstić information content (AvgIpc) is 2.97. The molecular formula is C22H30O6. The molecule has 1 aliphatic heterocycles. The third kappa shape index (κ3) is 2.68. The third-order valence-electron chi connectivity index (χ3n) is 7.27. The van der Waals surface area contributed by atoms with Crippen LogP contribution in [0.2, 0.25) is 0 Å². The van der Waals surface area contributed by atoms with Gasteiger partial charge in [-0.3, -0.25) is 14.4 Å². The van der Waals surface area contributed by atoms with Gasteiger partial charge in [0.15, 0.2) is 11.4 Å². The van der Waals surface area contributed by atoms with Crippen molar-refractivity contribution < 1.29 is 29.0 Å². The van der Waals surface area contributed by atoms with Crippen LogP contribution in [0.4, 0.5) is 0 Å². The van der Waals surface area contributed by atoms with Gasteiger partial charge in [-0.1, -0.05) is 34.3 Å². The Bertz CT molecular complexity index is 780. The fourth-order valence-corrected chi connectivity index (χ4v) is 5.72. The highest BCUT2D eigenvalue weighted by atomic mass is 16.6. The Balaban J connectivity index is 2.30. The number of carbonyl (C=O) groups excluding carboxylic acids is 3. The van der Waals surface area contributed by atoms with E-state index < -0.39 is 41.1 Å². The van der Waals surface area contributed by atoms with Crippen molar-refractivity contribution in [2.45, 2.75) is 65.6 Å². The largest absolute Gasteiger partial charge is 0.462 e. The van der Waals surface area contributed by atoms with E-state index in [2.05, 4.69) is 20.4 Å². The van der Waals surface area contributed by atoms with E-state index in [1.54, 1.807) is 6.08 Å². The van der Waals surface area contributed by atoms with Gasteiger partial charge in [0.2, 0.25) is 0 Å². The summed E-state index contributed by atoms with van der Waals surface area (Å²) in [6.45, 7) is 12.9. The van der Waals surface area contributed by atoms with Crippen LogP contribution in [0.5, 0.6) is 0 Å². The van der Waals surface area contributed by atoms with Gasteiger partial charge in [-0.15, -0.1) is 0 Å². The van der Waals surface area contributed by atoms with Gasteiger partial charge in [0.05, 0.1) is 18.4 Å². The van der Waals surface area contributed by atoms with E-state index in [0.29, 0.717) is 18.4 Å². The monoisotopic (exact) mass is 390 g/mol. The maximum absolute atomic E-state index is 13.0. The lowest BCUT2D eigenvalue weighted by atomic mass is 9.64. The van der Waals surface area contributed by atoms with E-state index in [1.165, 1.54) is 6.92 Å². The van der Waals surface area contributed by atoms with E-state index in [4.69, 9.17) is 9.47 Å². The minimum absolute atomic E-state index is 0.0140. The first kappa shape index (κ1) is 20.8. The number of Topliss-reactive ketones (excluding diaryl/α,β-unsaturated/α-hetero) is 1. The zero-order chi connectivity index (χ0) is 21.1. The Labute approximate surface area is 166 Å². The molecule has 0 unspecified atom stereocenters. The van der Waals surface area contributed by atoms with Crippen LogP contribution in [0.25, 0.3) is 0 Å². The topological polar surface area (TPSA) is 89.9 Å². The van der Waals surface area contributed by atoms with Gasteiger partial charge in [-0.2, -0.15) is 0 Å². The summed E-state index contributed by atoms with van der Waals surface area (Å²) in [5, 5.41) is 9.89. The Morgan fingerprint density at radius 1 is 1.39 bits per heavy atom. The number of aliphatic hydroxyl groups excluding tert-OH is 1. The zero-order valence-corrected chi connectivity index (χ0v) is 17.3. The molecule has 0 aromatic heterocycles. The molecule has 6 nitrogen and oxygen atoms in total. The summed E-state index contributed by atoms with van der Waals surface area (Å²) in [5.41, 5.74) is -1.98. The normalized spacial score (nSPS) is 39.8. The molecular weight excluding hydrogens is 360 g/mol. The molecule has 1 heterocycles. The Morgan fingerprint density at radius 2 is 2.04 bits per heavy atom. The van der Waals surface area contributed by atoms with Gasteiger partial charge in [-0.25, -0.2) is 0 Å². The Morgan fingerprint density at radius 3 is 2.57 bits per heavy atom. The summed E-state index contributed by atoms with van der Waals surface area (Å²) in [7, 11) is 0. The molecule has 0 aromatic rings. The number of esters is 2. The first-order valence-electron chi connectivity index (χ1n) is 9.86. The molecule has 3 rings (SSSR count). The molecule has 0 radical (unpaired) electrons. The summed E-state index contributed by atoms with van der Waals surface area (Å²) < 4.78 is 11.5. The Kier molecular flexibility index (Phi) is 4.86. The van der Waals surface area contributed by atoms with E-state index >= 15 is 0 Å². The van der Waals surface area contributed by atoms with Crippen molar-refractivity contribution in [1.29, 1.82) is 0 Å². The summed E-state index contributed by atoms with van der Waals surface area (Å²) in [6, 6.07) is 0. The summed E-state index contributed by atoms with van der Waals surface area (Å²) in [4.78, 5) is 37.4. The summed E-state index contributed by atoms with van der Waals surface area (Å²) in [6.07, 6.45) is 1.89. The SMILES string of the molecule is C=C(CO)[C@@]12C=C3C(=O)C[C@H](C(C)C)[C@@]3(C)C[C@@H](OC(C)=O)[C@]1(C)CC(=O)O2. The molecule has 0 bridgehead atoms. The molecule has 1 N–H and O–H groups in total. The molecule has 154 valence electrons. The first-order chi connectivity index (χ1) is 12.9. The van der Waals surface area contributed by atoms with E-state index in [9.17, 15) is 19.5 Å². The van der Waals surface area contributed by atoms with Crippen LogP contribution < -0.4 is 0 Å². The molecule has 2 fully saturated rings. The predicted molar refractivity (Wildman–Crippen MR) is 102 cm³/mol. The molecule has 0 amide bonds. The van der Waals surface area contributed by atoms with Crippen molar-refractivity contribution in [2.75, 3.05) is 6.61 Å². The number of rotatable bonds is 4. The number of hydrogen-bond donors (Lipinski definition) is 1. The van der Waals surface area contributed by atoms with Crippen molar-refractivity contribution in [2.24, 2.45) is 22.7 Å². The number of carbonyl (C=O) groups is 3. The van der Waals surface area contributed by atoms with Crippen LogP contribution in [0.15, 0.2) is 23.8 Å². The molecule has 0 spiro atoms. The van der Waals surface area contributed by atoms with Crippen LogP contribution >= 0.6 is 0 Å². The van der Waals surface area contributed by atoms with E-state index in [0.717, 1.165) is 0 Å². The van der Waals surface area contributed by atoms with E-state index in [1.807, 2.05) is 13.8 Å². The fourth-order valence-electron chi connectivity index (χ4n) is 5.72.